The first-order valence-corrected chi connectivity index (χ1v) is 10.6. The number of alkyl halides is 3. The second kappa shape index (κ2) is 11.1. The number of carbonyl (C=O) groups is 2. The molecule has 2 aliphatic heterocycles. The van der Waals surface area contributed by atoms with Gasteiger partial charge >= 0.3 is 12.1 Å². The van der Waals surface area contributed by atoms with E-state index in [0.29, 0.717) is 25.6 Å². The summed E-state index contributed by atoms with van der Waals surface area (Å²) in [7, 11) is 0. The quantitative estimate of drug-likeness (QED) is 0.696. The molecule has 2 saturated heterocycles. The average molecular weight is 460 g/mol. The molecule has 2 fully saturated rings. The summed E-state index contributed by atoms with van der Waals surface area (Å²) in [6.07, 6.45) is 2.23. The third kappa shape index (κ3) is 8.05. The Morgan fingerprint density at radius 1 is 1.34 bits per heavy atom. The third-order valence-corrected chi connectivity index (χ3v) is 5.35. The number of aryl methyl sites for hydroxylation is 1. The predicted octanol–water partition coefficient (Wildman–Crippen LogP) is 3.74. The highest BCUT2D eigenvalue weighted by Gasteiger charge is 2.49. The molecule has 0 bridgehead atoms. The molecule has 0 aliphatic carbocycles. The lowest BCUT2D eigenvalue weighted by molar-refractivity contribution is -0.202. The van der Waals surface area contributed by atoms with Gasteiger partial charge in [0.05, 0.1) is 25.8 Å². The first-order chi connectivity index (χ1) is 14.9. The summed E-state index contributed by atoms with van der Waals surface area (Å²) in [5, 5.41) is 7.12. The van der Waals surface area contributed by atoms with Crippen LogP contribution in [0.1, 0.15) is 50.7 Å². The van der Waals surface area contributed by atoms with Gasteiger partial charge in [-0.25, -0.2) is 4.79 Å². The average Bonchev–Trinajstić information content (AvgIpc) is 2.68. The summed E-state index contributed by atoms with van der Waals surface area (Å²) in [6.45, 7) is 9.09. The Kier molecular flexibility index (Phi) is 9.03. The lowest BCUT2D eigenvalue weighted by atomic mass is 9.84. The van der Waals surface area contributed by atoms with Gasteiger partial charge in [0.15, 0.2) is 0 Å². The van der Waals surface area contributed by atoms with Crippen molar-refractivity contribution >= 4 is 11.9 Å². The number of nitrogens with zero attached hydrogens (tertiary/aromatic N) is 2. The number of rotatable bonds is 6. The van der Waals surface area contributed by atoms with Gasteiger partial charge in [0.25, 0.3) is 0 Å². The van der Waals surface area contributed by atoms with E-state index in [0.717, 1.165) is 43.5 Å². The number of amides is 1. The Hall–Kier alpha value is -2.20. The van der Waals surface area contributed by atoms with Crippen LogP contribution in [0.15, 0.2) is 18.5 Å². The van der Waals surface area contributed by atoms with Crippen molar-refractivity contribution in [2.75, 3.05) is 19.7 Å². The highest BCUT2D eigenvalue weighted by molar-refractivity contribution is 5.77. The standard InChI is InChI=1S/C20H30N2O3.C2HF3O2/c1-15(2)4-5-19(23)22-13-20(14-22)9-18(6-7-25-20)24-12-17-8-16(3)10-21-11-17;3-2(4,5)1(6)7/h8,10-11,15,18H,4-7,9,12-14H2,1-3H3;(H,6,7). The number of aromatic nitrogens is 1. The van der Waals surface area contributed by atoms with Gasteiger partial charge in [-0.1, -0.05) is 19.9 Å². The van der Waals surface area contributed by atoms with Crippen molar-refractivity contribution in [3.8, 4) is 0 Å². The topological polar surface area (TPSA) is 89.0 Å². The van der Waals surface area contributed by atoms with Gasteiger partial charge in [0.1, 0.15) is 5.60 Å². The zero-order valence-electron chi connectivity index (χ0n) is 18.7. The largest absolute Gasteiger partial charge is 0.490 e. The summed E-state index contributed by atoms with van der Waals surface area (Å²) in [5.41, 5.74) is 2.08. The van der Waals surface area contributed by atoms with Crippen LogP contribution in [0.3, 0.4) is 0 Å². The summed E-state index contributed by atoms with van der Waals surface area (Å²) < 4.78 is 43.9. The van der Waals surface area contributed by atoms with E-state index in [1.807, 2.05) is 24.2 Å². The van der Waals surface area contributed by atoms with Crippen LogP contribution in [0.25, 0.3) is 0 Å². The van der Waals surface area contributed by atoms with E-state index in [1.54, 1.807) is 0 Å². The van der Waals surface area contributed by atoms with E-state index >= 15 is 0 Å². The zero-order valence-corrected chi connectivity index (χ0v) is 18.7. The smallest absolute Gasteiger partial charge is 0.475 e. The van der Waals surface area contributed by atoms with Crippen molar-refractivity contribution in [2.24, 2.45) is 5.92 Å². The van der Waals surface area contributed by atoms with Crippen LogP contribution in [0.4, 0.5) is 13.2 Å². The number of hydrogen-bond donors (Lipinski definition) is 1. The molecule has 0 saturated carbocycles. The molecule has 1 spiro atoms. The summed E-state index contributed by atoms with van der Waals surface area (Å²) >= 11 is 0. The molecular formula is C22H31F3N2O5. The monoisotopic (exact) mass is 460 g/mol. The lowest BCUT2D eigenvalue weighted by Gasteiger charge is -2.53. The van der Waals surface area contributed by atoms with Gasteiger partial charge in [0, 0.05) is 31.8 Å². The van der Waals surface area contributed by atoms with Gasteiger partial charge in [0.2, 0.25) is 5.91 Å². The number of aliphatic carboxylic acids is 1. The zero-order chi connectivity index (χ0) is 23.9. The second-order valence-electron chi connectivity index (χ2n) is 8.81. The summed E-state index contributed by atoms with van der Waals surface area (Å²) in [6, 6.07) is 2.11. The third-order valence-electron chi connectivity index (χ3n) is 5.35. The van der Waals surface area contributed by atoms with Crippen LogP contribution < -0.4 is 0 Å². The minimum atomic E-state index is -5.08. The van der Waals surface area contributed by atoms with Crippen LogP contribution in [0.5, 0.6) is 0 Å². The molecule has 1 amide bonds. The first kappa shape index (κ1) is 26.1. The number of halogens is 3. The highest BCUT2D eigenvalue weighted by atomic mass is 19.4. The molecule has 0 radical (unpaired) electrons. The van der Waals surface area contributed by atoms with Crippen molar-refractivity contribution in [1.29, 1.82) is 0 Å². The molecule has 32 heavy (non-hydrogen) atoms. The molecule has 1 atom stereocenters. The van der Waals surface area contributed by atoms with Crippen LogP contribution in [-0.2, 0) is 25.7 Å². The fourth-order valence-corrected chi connectivity index (χ4v) is 3.65. The van der Waals surface area contributed by atoms with Crippen LogP contribution in [0, 0.1) is 12.8 Å². The molecule has 1 N–H and O–H groups in total. The molecule has 3 rings (SSSR count). The van der Waals surface area contributed by atoms with E-state index in [-0.39, 0.29) is 17.6 Å². The van der Waals surface area contributed by atoms with E-state index in [1.165, 1.54) is 0 Å². The minimum absolute atomic E-state index is 0.179. The molecule has 10 heteroatoms. The summed E-state index contributed by atoms with van der Waals surface area (Å²) in [5.74, 6) is -1.93. The van der Waals surface area contributed by atoms with Crippen LogP contribution >= 0.6 is 0 Å². The van der Waals surface area contributed by atoms with Crippen molar-refractivity contribution in [3.05, 3.63) is 29.6 Å². The normalized spacial score (nSPS) is 19.8. The number of ether oxygens (including phenoxy) is 2. The molecular weight excluding hydrogens is 429 g/mol. The Morgan fingerprint density at radius 3 is 2.56 bits per heavy atom. The van der Waals surface area contributed by atoms with Gasteiger partial charge < -0.3 is 19.5 Å². The Balaban J connectivity index is 0.000000451. The fourth-order valence-electron chi connectivity index (χ4n) is 3.65. The molecule has 7 nitrogen and oxygen atoms in total. The number of carboxylic acid groups (broad SMARTS) is 1. The molecule has 1 aromatic heterocycles. The Labute approximate surface area is 185 Å². The maximum Gasteiger partial charge on any atom is 0.490 e. The van der Waals surface area contributed by atoms with Crippen LogP contribution in [0.2, 0.25) is 0 Å². The van der Waals surface area contributed by atoms with Crippen molar-refractivity contribution in [3.63, 3.8) is 0 Å². The Bertz CT molecular complexity index is 779. The van der Waals surface area contributed by atoms with Crippen molar-refractivity contribution in [1.82, 2.24) is 9.88 Å². The second-order valence-corrected chi connectivity index (χ2v) is 8.81. The SMILES string of the molecule is Cc1cncc(COC2CCOC3(C2)CN(C(=O)CCC(C)C)C3)c1.O=C(O)C(F)(F)F. The van der Waals surface area contributed by atoms with Gasteiger partial charge in [-0.15, -0.1) is 0 Å². The van der Waals surface area contributed by atoms with E-state index in [2.05, 4.69) is 24.9 Å². The highest BCUT2D eigenvalue weighted by Crippen LogP contribution is 2.36. The number of likely N-dealkylation sites (tertiary alicyclic amines) is 1. The molecule has 2 aliphatic rings. The van der Waals surface area contributed by atoms with Crippen LogP contribution in [-0.4, -0.2) is 64.4 Å². The van der Waals surface area contributed by atoms with Gasteiger partial charge in [-0.3, -0.25) is 9.78 Å². The number of carboxylic acids is 1. The molecule has 3 heterocycles. The molecule has 1 unspecified atom stereocenters. The van der Waals surface area contributed by atoms with Gasteiger partial charge in [-0.2, -0.15) is 13.2 Å². The predicted molar refractivity (Wildman–Crippen MR) is 110 cm³/mol. The Morgan fingerprint density at radius 2 is 2.00 bits per heavy atom. The van der Waals surface area contributed by atoms with Crippen molar-refractivity contribution < 1.29 is 37.3 Å². The number of pyridine rings is 1. The lowest BCUT2D eigenvalue weighted by Crippen LogP contribution is -2.67. The van der Waals surface area contributed by atoms with E-state index < -0.39 is 12.1 Å². The van der Waals surface area contributed by atoms with E-state index in [4.69, 9.17) is 19.4 Å². The molecule has 1 aromatic rings. The number of hydrogen-bond acceptors (Lipinski definition) is 5. The van der Waals surface area contributed by atoms with Crippen molar-refractivity contribution in [2.45, 2.75) is 70.9 Å². The summed E-state index contributed by atoms with van der Waals surface area (Å²) in [4.78, 5) is 27.3. The maximum absolute atomic E-state index is 12.2. The van der Waals surface area contributed by atoms with Gasteiger partial charge in [-0.05, 0) is 36.8 Å². The fraction of sp³-hybridized carbons (Fsp3) is 0.682. The minimum Gasteiger partial charge on any atom is -0.475 e. The molecule has 0 aromatic carbocycles. The van der Waals surface area contributed by atoms with E-state index in [9.17, 15) is 18.0 Å². The maximum atomic E-state index is 12.2. The first-order valence-electron chi connectivity index (χ1n) is 10.6. The molecule has 180 valence electrons. The number of carbonyl (C=O) groups excluding carboxylic acids is 1.